The first-order valence-electron chi connectivity index (χ1n) is 6.19. The van der Waals surface area contributed by atoms with E-state index in [0.29, 0.717) is 0 Å². The number of benzene rings is 1. The number of nitrogens with two attached hydrogens (primary N) is 1. The number of sulfonamides is 1. The fourth-order valence-electron chi connectivity index (χ4n) is 1.63. The van der Waals surface area contributed by atoms with Crippen molar-refractivity contribution in [2.45, 2.75) is 20.4 Å². The lowest BCUT2D eigenvalue weighted by Crippen LogP contribution is -2.28. The van der Waals surface area contributed by atoms with Crippen LogP contribution >= 0.6 is 0 Å². The molecule has 0 unspecified atom stereocenters. The van der Waals surface area contributed by atoms with E-state index in [2.05, 4.69) is 16.6 Å². The van der Waals surface area contributed by atoms with Crippen molar-refractivity contribution in [1.82, 2.24) is 4.72 Å². The highest BCUT2D eigenvalue weighted by molar-refractivity contribution is 7.89. The van der Waals surface area contributed by atoms with Gasteiger partial charge in [-0.15, -0.1) is 0 Å². The molecule has 0 saturated heterocycles. The Morgan fingerprint density at radius 1 is 1.32 bits per heavy atom. The lowest BCUT2D eigenvalue weighted by Gasteiger charge is -2.09. The van der Waals surface area contributed by atoms with E-state index in [1.807, 2.05) is 38.1 Å². The van der Waals surface area contributed by atoms with Gasteiger partial charge in [0.05, 0.1) is 12.3 Å². The molecular formula is C14H20N2O2S. The van der Waals surface area contributed by atoms with Crippen LogP contribution in [0.15, 0.2) is 24.3 Å². The SMILES string of the molecule is CC(C)CS(=O)(=O)NCc1ccccc1C#CCN. The Balaban J connectivity index is 2.78. The van der Waals surface area contributed by atoms with Crippen molar-refractivity contribution < 1.29 is 8.42 Å². The van der Waals surface area contributed by atoms with Gasteiger partial charge in [0.25, 0.3) is 0 Å². The van der Waals surface area contributed by atoms with Gasteiger partial charge in [-0.2, -0.15) is 0 Å². The Hall–Kier alpha value is -1.35. The third-order valence-electron chi connectivity index (χ3n) is 2.38. The second kappa shape index (κ2) is 7.29. The Bertz CT molecular complexity index is 569. The summed E-state index contributed by atoms with van der Waals surface area (Å²) in [6.07, 6.45) is 0. The largest absolute Gasteiger partial charge is 0.320 e. The molecule has 0 saturated carbocycles. The van der Waals surface area contributed by atoms with Gasteiger partial charge in [0.2, 0.25) is 10.0 Å². The van der Waals surface area contributed by atoms with E-state index in [0.717, 1.165) is 11.1 Å². The predicted octanol–water partition coefficient (Wildman–Crippen LogP) is 1.07. The van der Waals surface area contributed by atoms with Crippen LogP contribution in [0.3, 0.4) is 0 Å². The molecule has 0 aliphatic rings. The maximum absolute atomic E-state index is 11.8. The van der Waals surface area contributed by atoms with E-state index in [1.165, 1.54) is 0 Å². The van der Waals surface area contributed by atoms with Crippen molar-refractivity contribution in [3.05, 3.63) is 35.4 Å². The third kappa shape index (κ3) is 5.88. The van der Waals surface area contributed by atoms with E-state index in [1.54, 1.807) is 0 Å². The van der Waals surface area contributed by atoms with E-state index in [4.69, 9.17) is 5.73 Å². The Labute approximate surface area is 115 Å². The molecule has 0 bridgehead atoms. The number of rotatable bonds is 5. The molecule has 1 aromatic carbocycles. The number of nitrogens with one attached hydrogen (secondary N) is 1. The molecule has 0 aliphatic heterocycles. The van der Waals surface area contributed by atoms with Crippen molar-refractivity contribution in [2.75, 3.05) is 12.3 Å². The fourth-order valence-corrected chi connectivity index (χ4v) is 3.00. The van der Waals surface area contributed by atoms with Crippen LogP contribution in [0.25, 0.3) is 0 Å². The van der Waals surface area contributed by atoms with Gasteiger partial charge in [-0.05, 0) is 17.5 Å². The molecule has 0 amide bonds. The maximum atomic E-state index is 11.8. The Kier molecular flexibility index (Phi) is 6.03. The first kappa shape index (κ1) is 15.7. The standard InChI is InChI=1S/C14H20N2O2S/c1-12(2)11-19(17,18)16-10-14-7-4-3-6-13(14)8-5-9-15/h3-4,6-7,12,16H,9-11,15H2,1-2H3. The van der Waals surface area contributed by atoms with E-state index in [9.17, 15) is 8.42 Å². The van der Waals surface area contributed by atoms with Crippen LogP contribution in [-0.2, 0) is 16.6 Å². The molecule has 5 heteroatoms. The summed E-state index contributed by atoms with van der Waals surface area (Å²) < 4.78 is 26.1. The van der Waals surface area contributed by atoms with Gasteiger partial charge in [-0.25, -0.2) is 13.1 Å². The average Bonchev–Trinajstić information content (AvgIpc) is 2.33. The summed E-state index contributed by atoms with van der Waals surface area (Å²) in [4.78, 5) is 0. The zero-order valence-electron chi connectivity index (χ0n) is 11.3. The predicted molar refractivity (Wildman–Crippen MR) is 77.8 cm³/mol. The van der Waals surface area contributed by atoms with Crippen LogP contribution in [0, 0.1) is 17.8 Å². The summed E-state index contributed by atoms with van der Waals surface area (Å²) in [5.74, 6) is 5.95. The highest BCUT2D eigenvalue weighted by Crippen LogP contribution is 2.08. The van der Waals surface area contributed by atoms with Crippen molar-refractivity contribution >= 4 is 10.0 Å². The summed E-state index contributed by atoms with van der Waals surface area (Å²) >= 11 is 0. The minimum Gasteiger partial charge on any atom is -0.320 e. The number of hydrogen-bond donors (Lipinski definition) is 2. The Morgan fingerprint density at radius 2 is 2.00 bits per heavy atom. The Morgan fingerprint density at radius 3 is 2.63 bits per heavy atom. The summed E-state index contributed by atoms with van der Waals surface area (Å²) in [5, 5.41) is 0. The van der Waals surface area contributed by atoms with E-state index >= 15 is 0 Å². The minimum atomic E-state index is -3.24. The second-order valence-corrected chi connectivity index (χ2v) is 6.51. The van der Waals surface area contributed by atoms with Gasteiger partial charge < -0.3 is 5.73 Å². The third-order valence-corrected chi connectivity index (χ3v) is 4.07. The normalized spacial score (nSPS) is 11.2. The molecule has 0 radical (unpaired) electrons. The molecule has 1 rings (SSSR count). The molecule has 0 fully saturated rings. The zero-order valence-corrected chi connectivity index (χ0v) is 12.1. The maximum Gasteiger partial charge on any atom is 0.212 e. The number of hydrogen-bond acceptors (Lipinski definition) is 3. The van der Waals surface area contributed by atoms with Crippen molar-refractivity contribution in [3.63, 3.8) is 0 Å². The molecule has 19 heavy (non-hydrogen) atoms. The highest BCUT2D eigenvalue weighted by atomic mass is 32.2. The first-order chi connectivity index (χ1) is 8.94. The van der Waals surface area contributed by atoms with Crippen LogP contribution in [0.1, 0.15) is 25.0 Å². The highest BCUT2D eigenvalue weighted by Gasteiger charge is 2.12. The monoisotopic (exact) mass is 280 g/mol. The minimum absolute atomic E-state index is 0.102. The molecule has 0 spiro atoms. The summed E-state index contributed by atoms with van der Waals surface area (Å²) in [6, 6.07) is 7.44. The lowest BCUT2D eigenvalue weighted by molar-refractivity contribution is 0.568. The van der Waals surface area contributed by atoms with Gasteiger partial charge in [-0.3, -0.25) is 0 Å². The molecule has 4 nitrogen and oxygen atoms in total. The van der Waals surface area contributed by atoms with Gasteiger partial charge in [-0.1, -0.05) is 43.9 Å². The van der Waals surface area contributed by atoms with Gasteiger partial charge in [0, 0.05) is 12.1 Å². The summed E-state index contributed by atoms with van der Waals surface area (Å²) in [5.41, 5.74) is 7.00. The van der Waals surface area contributed by atoms with Crippen molar-refractivity contribution in [3.8, 4) is 11.8 Å². The molecule has 0 atom stereocenters. The fraction of sp³-hybridized carbons (Fsp3) is 0.429. The van der Waals surface area contributed by atoms with Gasteiger partial charge in [0.15, 0.2) is 0 Å². The molecule has 1 aromatic rings. The van der Waals surface area contributed by atoms with Crippen LogP contribution in [-0.4, -0.2) is 20.7 Å². The molecular weight excluding hydrogens is 260 g/mol. The molecule has 104 valence electrons. The van der Waals surface area contributed by atoms with Crippen LogP contribution in [0.2, 0.25) is 0 Å². The molecule has 0 aromatic heterocycles. The molecule has 3 N–H and O–H groups in total. The first-order valence-corrected chi connectivity index (χ1v) is 7.84. The van der Waals surface area contributed by atoms with E-state index < -0.39 is 10.0 Å². The molecule has 0 heterocycles. The van der Waals surface area contributed by atoms with Gasteiger partial charge >= 0.3 is 0 Å². The topological polar surface area (TPSA) is 72.2 Å². The van der Waals surface area contributed by atoms with Gasteiger partial charge in [0.1, 0.15) is 0 Å². The summed E-state index contributed by atoms with van der Waals surface area (Å²) in [6.45, 7) is 4.29. The van der Waals surface area contributed by atoms with Crippen LogP contribution < -0.4 is 10.5 Å². The zero-order chi connectivity index (χ0) is 14.3. The average molecular weight is 280 g/mol. The van der Waals surface area contributed by atoms with Crippen molar-refractivity contribution in [1.29, 1.82) is 0 Å². The smallest absolute Gasteiger partial charge is 0.212 e. The van der Waals surface area contributed by atoms with Crippen LogP contribution in [0.5, 0.6) is 0 Å². The van der Waals surface area contributed by atoms with Crippen LogP contribution in [0.4, 0.5) is 0 Å². The lowest BCUT2D eigenvalue weighted by atomic mass is 10.1. The second-order valence-electron chi connectivity index (χ2n) is 4.66. The molecule has 0 aliphatic carbocycles. The summed E-state index contributed by atoms with van der Waals surface area (Å²) in [7, 11) is -3.24. The van der Waals surface area contributed by atoms with E-state index in [-0.39, 0.29) is 24.8 Å². The quantitative estimate of drug-likeness (QED) is 0.793. The van der Waals surface area contributed by atoms with Crippen molar-refractivity contribution in [2.24, 2.45) is 11.7 Å².